The molecule has 2 rings (SSSR count). The third kappa shape index (κ3) is 4.66. The van der Waals surface area contributed by atoms with Gasteiger partial charge in [0.2, 0.25) is 0 Å². The van der Waals surface area contributed by atoms with Gasteiger partial charge in [-0.2, -0.15) is 0 Å². The van der Waals surface area contributed by atoms with E-state index in [0.29, 0.717) is 11.1 Å². The highest BCUT2D eigenvalue weighted by atomic mass is 32.2. The summed E-state index contributed by atoms with van der Waals surface area (Å²) in [6.45, 7) is 1.89. The van der Waals surface area contributed by atoms with Crippen molar-refractivity contribution < 1.29 is 13.2 Å². The maximum atomic E-state index is 12.2. The second-order valence-corrected chi connectivity index (χ2v) is 7.38. The first-order valence-electron chi connectivity index (χ1n) is 6.82. The van der Waals surface area contributed by atoms with Crippen LogP contribution in [0.1, 0.15) is 34.5 Å². The highest BCUT2D eigenvalue weighted by Gasteiger charge is 2.12. The molecule has 0 saturated heterocycles. The smallest absolute Gasteiger partial charge is 0.251 e. The predicted molar refractivity (Wildman–Crippen MR) is 85.1 cm³/mol. The van der Waals surface area contributed by atoms with E-state index >= 15 is 0 Å². The van der Waals surface area contributed by atoms with Gasteiger partial charge in [-0.15, -0.1) is 0 Å². The molecule has 1 amide bonds. The van der Waals surface area contributed by atoms with Crippen molar-refractivity contribution in [2.24, 2.45) is 0 Å². The number of pyridine rings is 1. The summed E-state index contributed by atoms with van der Waals surface area (Å²) < 4.78 is 22.5. The van der Waals surface area contributed by atoms with E-state index < -0.39 is 9.84 Å². The lowest BCUT2D eigenvalue weighted by molar-refractivity contribution is 0.0940. The van der Waals surface area contributed by atoms with E-state index in [9.17, 15) is 13.2 Å². The first kappa shape index (κ1) is 16.2. The number of nitrogens with one attached hydrogen (secondary N) is 1. The summed E-state index contributed by atoms with van der Waals surface area (Å²) >= 11 is 0. The van der Waals surface area contributed by atoms with Crippen molar-refractivity contribution in [3.63, 3.8) is 0 Å². The number of carbonyl (C=O) groups excluding carboxylic acids is 1. The van der Waals surface area contributed by atoms with E-state index in [4.69, 9.17) is 0 Å². The third-order valence-electron chi connectivity index (χ3n) is 3.20. The molecule has 0 radical (unpaired) electrons. The molecule has 0 aliphatic carbocycles. The number of nitrogens with zero attached hydrogens (tertiary/aromatic N) is 1. The van der Waals surface area contributed by atoms with E-state index in [0.717, 1.165) is 5.56 Å². The first-order chi connectivity index (χ1) is 10.3. The number of amides is 1. The molecule has 6 heteroatoms. The van der Waals surface area contributed by atoms with Crippen LogP contribution in [0.5, 0.6) is 0 Å². The number of benzene rings is 1. The summed E-state index contributed by atoms with van der Waals surface area (Å²) in [5.41, 5.74) is 2.14. The Bertz CT molecular complexity index is 741. The molecule has 1 N–H and O–H groups in total. The van der Waals surface area contributed by atoms with E-state index in [1.165, 1.54) is 6.26 Å². The number of carbonyl (C=O) groups is 1. The SMILES string of the molecule is CC(NC(=O)c1ccc(CS(C)(=O)=O)cc1)c1ccncc1. The van der Waals surface area contributed by atoms with Crippen molar-refractivity contribution in [1.29, 1.82) is 0 Å². The zero-order valence-electron chi connectivity index (χ0n) is 12.5. The van der Waals surface area contributed by atoms with E-state index in [2.05, 4.69) is 10.3 Å². The Balaban J connectivity index is 2.04. The number of rotatable bonds is 5. The molecule has 2 aromatic rings. The normalized spacial score (nSPS) is 12.6. The van der Waals surface area contributed by atoms with Crippen LogP contribution in [-0.2, 0) is 15.6 Å². The number of hydrogen-bond donors (Lipinski definition) is 1. The van der Waals surface area contributed by atoms with Crippen molar-refractivity contribution in [1.82, 2.24) is 10.3 Å². The summed E-state index contributed by atoms with van der Waals surface area (Å²) in [5, 5.41) is 2.90. The van der Waals surface area contributed by atoms with Gasteiger partial charge >= 0.3 is 0 Å². The Hall–Kier alpha value is -2.21. The monoisotopic (exact) mass is 318 g/mol. The van der Waals surface area contributed by atoms with Gasteiger partial charge in [0, 0.05) is 24.2 Å². The molecule has 0 spiro atoms. The maximum Gasteiger partial charge on any atom is 0.251 e. The van der Waals surface area contributed by atoms with Gasteiger partial charge in [-0.1, -0.05) is 12.1 Å². The minimum absolute atomic E-state index is 0.0255. The average Bonchev–Trinajstić information content (AvgIpc) is 2.47. The Labute approximate surface area is 130 Å². The summed E-state index contributed by atoms with van der Waals surface area (Å²) in [6.07, 6.45) is 4.54. The van der Waals surface area contributed by atoms with Gasteiger partial charge in [-0.3, -0.25) is 9.78 Å². The molecule has 0 aliphatic heterocycles. The minimum Gasteiger partial charge on any atom is -0.346 e. The molecule has 116 valence electrons. The molecule has 1 aromatic carbocycles. The number of sulfone groups is 1. The fourth-order valence-corrected chi connectivity index (χ4v) is 2.87. The fourth-order valence-electron chi connectivity index (χ4n) is 2.07. The number of hydrogen-bond acceptors (Lipinski definition) is 4. The van der Waals surface area contributed by atoms with Crippen LogP contribution in [0.4, 0.5) is 0 Å². The van der Waals surface area contributed by atoms with Crippen molar-refractivity contribution in [3.8, 4) is 0 Å². The molecular weight excluding hydrogens is 300 g/mol. The molecule has 0 fully saturated rings. The van der Waals surface area contributed by atoms with Crippen LogP contribution in [0.2, 0.25) is 0 Å². The topological polar surface area (TPSA) is 76.1 Å². The van der Waals surface area contributed by atoms with Gasteiger partial charge < -0.3 is 5.32 Å². The standard InChI is InChI=1S/C16H18N2O3S/c1-12(14-7-9-17-10-8-14)18-16(19)15-5-3-13(4-6-15)11-22(2,20)21/h3-10,12H,11H2,1-2H3,(H,18,19). The molecule has 5 nitrogen and oxygen atoms in total. The first-order valence-corrected chi connectivity index (χ1v) is 8.88. The van der Waals surface area contributed by atoms with Crippen LogP contribution in [0.25, 0.3) is 0 Å². The van der Waals surface area contributed by atoms with Gasteiger partial charge in [0.15, 0.2) is 9.84 Å². The van der Waals surface area contributed by atoms with Gasteiger partial charge in [0.25, 0.3) is 5.91 Å². The highest BCUT2D eigenvalue weighted by Crippen LogP contribution is 2.13. The van der Waals surface area contributed by atoms with Crippen molar-refractivity contribution in [3.05, 3.63) is 65.5 Å². The number of aromatic nitrogens is 1. The van der Waals surface area contributed by atoms with Gasteiger partial charge in [0.05, 0.1) is 11.8 Å². The summed E-state index contributed by atoms with van der Waals surface area (Å²) in [7, 11) is -3.07. The highest BCUT2D eigenvalue weighted by molar-refractivity contribution is 7.89. The quantitative estimate of drug-likeness (QED) is 0.916. The molecule has 1 unspecified atom stereocenters. The van der Waals surface area contributed by atoms with Crippen LogP contribution in [0, 0.1) is 0 Å². The molecule has 1 atom stereocenters. The molecule has 0 bridgehead atoms. The second-order valence-electron chi connectivity index (χ2n) is 5.24. The van der Waals surface area contributed by atoms with Crippen molar-refractivity contribution >= 4 is 15.7 Å². The third-order valence-corrected chi connectivity index (χ3v) is 4.06. The second kappa shape index (κ2) is 6.70. The molecule has 0 aliphatic rings. The Morgan fingerprint density at radius 1 is 1.14 bits per heavy atom. The summed E-state index contributed by atoms with van der Waals surface area (Å²) in [6, 6.07) is 10.1. The van der Waals surface area contributed by atoms with Crippen LogP contribution in [-0.4, -0.2) is 25.6 Å². The Kier molecular flexibility index (Phi) is 4.92. The average molecular weight is 318 g/mol. The van der Waals surface area contributed by atoms with E-state index in [-0.39, 0.29) is 17.7 Å². The Morgan fingerprint density at radius 2 is 1.73 bits per heavy atom. The lowest BCUT2D eigenvalue weighted by Crippen LogP contribution is -2.26. The molecule has 22 heavy (non-hydrogen) atoms. The maximum absolute atomic E-state index is 12.2. The van der Waals surface area contributed by atoms with Crippen LogP contribution >= 0.6 is 0 Å². The van der Waals surface area contributed by atoms with Crippen molar-refractivity contribution in [2.45, 2.75) is 18.7 Å². The lowest BCUT2D eigenvalue weighted by atomic mass is 10.1. The molecule has 0 saturated carbocycles. The van der Waals surface area contributed by atoms with E-state index in [1.807, 2.05) is 19.1 Å². The zero-order chi connectivity index (χ0) is 16.2. The lowest BCUT2D eigenvalue weighted by Gasteiger charge is -2.14. The van der Waals surface area contributed by atoms with Crippen molar-refractivity contribution in [2.75, 3.05) is 6.26 Å². The fraction of sp³-hybridized carbons (Fsp3) is 0.250. The molecule has 1 aromatic heterocycles. The van der Waals surface area contributed by atoms with Gasteiger partial charge in [-0.25, -0.2) is 8.42 Å². The van der Waals surface area contributed by atoms with E-state index in [1.54, 1.807) is 36.7 Å². The summed E-state index contributed by atoms with van der Waals surface area (Å²) in [5.74, 6) is -0.224. The predicted octanol–water partition coefficient (Wildman–Crippen LogP) is 2.12. The van der Waals surface area contributed by atoms with Crippen LogP contribution < -0.4 is 5.32 Å². The minimum atomic E-state index is -3.07. The zero-order valence-corrected chi connectivity index (χ0v) is 13.3. The van der Waals surface area contributed by atoms with Crippen LogP contribution in [0.15, 0.2) is 48.8 Å². The summed E-state index contributed by atoms with van der Waals surface area (Å²) in [4.78, 5) is 16.1. The largest absolute Gasteiger partial charge is 0.346 e. The van der Waals surface area contributed by atoms with Gasteiger partial charge in [-0.05, 0) is 42.3 Å². The van der Waals surface area contributed by atoms with Crippen LogP contribution in [0.3, 0.4) is 0 Å². The van der Waals surface area contributed by atoms with Gasteiger partial charge in [0.1, 0.15) is 0 Å². The molecular formula is C16H18N2O3S. The molecule has 1 heterocycles. The Morgan fingerprint density at radius 3 is 2.27 bits per heavy atom.